The Hall–Kier alpha value is -3.48. The van der Waals surface area contributed by atoms with Crippen LogP contribution in [0.3, 0.4) is 0 Å². The molecule has 5 nitrogen and oxygen atoms in total. The molecule has 0 saturated carbocycles. The Morgan fingerprint density at radius 3 is 2.50 bits per heavy atom. The van der Waals surface area contributed by atoms with Gasteiger partial charge in [-0.25, -0.2) is 4.68 Å². The van der Waals surface area contributed by atoms with E-state index in [1.54, 1.807) is 18.2 Å². The molecule has 0 spiro atoms. The lowest BCUT2D eigenvalue weighted by atomic mass is 10.1. The number of para-hydroxylation sites is 1. The number of nitrogens with one attached hydrogen (secondary N) is 1. The Morgan fingerprint density at radius 1 is 1.13 bits per heavy atom. The molecule has 0 fully saturated rings. The molecule has 1 heterocycles. The molecule has 0 aliphatic rings. The van der Waals surface area contributed by atoms with Crippen LogP contribution >= 0.6 is 0 Å². The van der Waals surface area contributed by atoms with Gasteiger partial charge in [-0.1, -0.05) is 30.3 Å². The number of amides is 1. The number of aryl methyl sites for hydroxylation is 1. The molecular weight excluding hydrogens is 388 g/mol. The number of rotatable bonds is 8. The van der Waals surface area contributed by atoms with Crippen LogP contribution in [-0.2, 0) is 11.2 Å². The third-order valence-electron chi connectivity index (χ3n) is 4.61. The van der Waals surface area contributed by atoms with Crippen LogP contribution in [0, 0.1) is 13.8 Å². The highest BCUT2D eigenvalue weighted by Crippen LogP contribution is 2.19. The van der Waals surface area contributed by atoms with Gasteiger partial charge in [-0.05, 0) is 56.2 Å². The zero-order valence-corrected chi connectivity index (χ0v) is 16.8. The quantitative estimate of drug-likeness (QED) is 0.557. The van der Waals surface area contributed by atoms with Crippen LogP contribution in [0.1, 0.15) is 22.5 Å². The van der Waals surface area contributed by atoms with Gasteiger partial charge in [0.25, 0.3) is 0 Å². The monoisotopic (exact) mass is 411 g/mol. The topological polar surface area (TPSA) is 56.2 Å². The SMILES string of the molecule is Cc1nn(-c2ccccc2)c(C)c1C=CC(=O)NCCc1ccc(OC(F)F)cc1. The number of hydrogen-bond donors (Lipinski definition) is 1. The summed E-state index contributed by atoms with van der Waals surface area (Å²) in [7, 11) is 0. The molecular formula is C23H23F2N3O2. The maximum atomic E-state index is 12.2. The van der Waals surface area contributed by atoms with E-state index in [1.807, 2.05) is 48.9 Å². The summed E-state index contributed by atoms with van der Waals surface area (Å²) in [5, 5.41) is 7.38. The van der Waals surface area contributed by atoms with E-state index in [0.717, 1.165) is 28.2 Å². The molecule has 1 N–H and O–H groups in total. The van der Waals surface area contributed by atoms with E-state index >= 15 is 0 Å². The Bertz CT molecular complexity index is 1010. The fraction of sp³-hybridized carbons (Fsp3) is 0.217. The van der Waals surface area contributed by atoms with E-state index in [1.165, 1.54) is 18.2 Å². The number of aromatic nitrogens is 2. The standard InChI is InChI=1S/C23H23F2N3O2/c1-16-21(17(2)28(27-16)19-6-4-3-5-7-19)12-13-22(29)26-15-14-18-8-10-20(11-9-18)30-23(24)25/h3-13,23H,14-15H2,1-2H3,(H,26,29). The predicted octanol–water partition coefficient (Wildman–Crippen LogP) is 4.46. The van der Waals surface area contributed by atoms with Crippen molar-refractivity contribution in [2.45, 2.75) is 26.9 Å². The predicted molar refractivity (Wildman–Crippen MR) is 112 cm³/mol. The van der Waals surface area contributed by atoms with E-state index in [2.05, 4.69) is 15.2 Å². The summed E-state index contributed by atoms with van der Waals surface area (Å²) in [4.78, 5) is 12.2. The van der Waals surface area contributed by atoms with Crippen molar-refractivity contribution in [3.8, 4) is 11.4 Å². The highest BCUT2D eigenvalue weighted by Gasteiger charge is 2.10. The van der Waals surface area contributed by atoms with E-state index in [4.69, 9.17) is 0 Å². The first-order valence-electron chi connectivity index (χ1n) is 9.55. The first kappa shape index (κ1) is 21.2. The largest absolute Gasteiger partial charge is 0.435 e. The molecule has 0 saturated heterocycles. The zero-order chi connectivity index (χ0) is 21.5. The Labute approximate surface area is 174 Å². The molecule has 156 valence electrons. The first-order valence-corrected chi connectivity index (χ1v) is 9.55. The Balaban J connectivity index is 1.54. The average Bonchev–Trinajstić information content (AvgIpc) is 3.01. The van der Waals surface area contributed by atoms with Crippen LogP contribution in [-0.4, -0.2) is 28.8 Å². The van der Waals surface area contributed by atoms with Gasteiger partial charge < -0.3 is 10.1 Å². The highest BCUT2D eigenvalue weighted by atomic mass is 19.3. The smallest absolute Gasteiger partial charge is 0.387 e. The summed E-state index contributed by atoms with van der Waals surface area (Å²) in [6.07, 6.45) is 3.84. The summed E-state index contributed by atoms with van der Waals surface area (Å²) < 4.78 is 30.5. The van der Waals surface area contributed by atoms with Crippen molar-refractivity contribution >= 4 is 12.0 Å². The molecule has 3 rings (SSSR count). The third kappa shape index (κ3) is 5.53. The van der Waals surface area contributed by atoms with Gasteiger partial charge in [-0.2, -0.15) is 13.9 Å². The molecule has 1 aromatic heterocycles. The molecule has 0 aliphatic heterocycles. The van der Waals surface area contributed by atoms with Gasteiger partial charge in [-0.15, -0.1) is 0 Å². The van der Waals surface area contributed by atoms with Crippen molar-refractivity contribution < 1.29 is 18.3 Å². The Kier molecular flexibility index (Phi) is 6.95. The number of nitrogens with zero attached hydrogens (tertiary/aromatic N) is 2. The zero-order valence-electron chi connectivity index (χ0n) is 16.8. The van der Waals surface area contributed by atoms with E-state index < -0.39 is 6.61 Å². The minimum atomic E-state index is -2.84. The minimum Gasteiger partial charge on any atom is -0.435 e. The fourth-order valence-corrected chi connectivity index (χ4v) is 3.10. The van der Waals surface area contributed by atoms with Gasteiger partial charge in [0.1, 0.15) is 5.75 Å². The summed E-state index contributed by atoms with van der Waals surface area (Å²) in [5.41, 5.74) is 4.58. The molecule has 1 amide bonds. The number of hydrogen-bond acceptors (Lipinski definition) is 3. The molecule has 0 bridgehead atoms. The average molecular weight is 411 g/mol. The molecule has 0 unspecified atom stereocenters. The molecule has 7 heteroatoms. The minimum absolute atomic E-state index is 0.113. The molecule has 3 aromatic rings. The van der Waals surface area contributed by atoms with Crippen LogP contribution in [0.25, 0.3) is 11.8 Å². The van der Waals surface area contributed by atoms with Gasteiger partial charge in [-0.3, -0.25) is 4.79 Å². The van der Waals surface area contributed by atoms with Gasteiger partial charge in [0.05, 0.1) is 11.4 Å². The van der Waals surface area contributed by atoms with E-state index in [0.29, 0.717) is 13.0 Å². The van der Waals surface area contributed by atoms with Crippen molar-refractivity contribution in [3.63, 3.8) is 0 Å². The van der Waals surface area contributed by atoms with Crippen LogP contribution < -0.4 is 10.1 Å². The molecule has 0 aliphatic carbocycles. The number of ether oxygens (including phenoxy) is 1. The number of carbonyl (C=O) groups is 1. The maximum Gasteiger partial charge on any atom is 0.387 e. The van der Waals surface area contributed by atoms with Gasteiger partial charge in [0.2, 0.25) is 5.91 Å². The second kappa shape index (κ2) is 9.82. The summed E-state index contributed by atoms with van der Waals surface area (Å²) in [6.45, 7) is 1.46. The third-order valence-corrected chi connectivity index (χ3v) is 4.61. The van der Waals surface area contributed by atoms with Crippen LogP contribution in [0.2, 0.25) is 0 Å². The van der Waals surface area contributed by atoms with Crippen LogP contribution in [0.15, 0.2) is 60.7 Å². The molecule has 0 atom stereocenters. The Morgan fingerprint density at radius 2 is 1.83 bits per heavy atom. The number of benzene rings is 2. The summed E-state index contributed by atoms with van der Waals surface area (Å²) in [6, 6.07) is 16.2. The fourth-order valence-electron chi connectivity index (χ4n) is 3.10. The van der Waals surface area contributed by atoms with Gasteiger partial charge >= 0.3 is 6.61 Å². The normalized spacial score (nSPS) is 11.2. The molecule has 30 heavy (non-hydrogen) atoms. The molecule has 2 aromatic carbocycles. The van der Waals surface area contributed by atoms with Crippen molar-refractivity contribution in [2.24, 2.45) is 0 Å². The molecule has 0 radical (unpaired) electrons. The number of halogens is 2. The van der Waals surface area contributed by atoms with Crippen molar-refractivity contribution in [2.75, 3.05) is 6.54 Å². The summed E-state index contributed by atoms with van der Waals surface area (Å²) >= 11 is 0. The summed E-state index contributed by atoms with van der Waals surface area (Å²) in [5.74, 6) is -0.0959. The van der Waals surface area contributed by atoms with Crippen molar-refractivity contribution in [3.05, 3.63) is 83.2 Å². The highest BCUT2D eigenvalue weighted by molar-refractivity contribution is 5.92. The van der Waals surface area contributed by atoms with Gasteiger partial charge in [0, 0.05) is 23.9 Å². The van der Waals surface area contributed by atoms with Crippen LogP contribution in [0.4, 0.5) is 8.78 Å². The number of carbonyl (C=O) groups excluding carboxylic acids is 1. The maximum absolute atomic E-state index is 12.2. The second-order valence-electron chi connectivity index (χ2n) is 6.73. The van der Waals surface area contributed by atoms with Crippen LogP contribution in [0.5, 0.6) is 5.75 Å². The van der Waals surface area contributed by atoms with E-state index in [-0.39, 0.29) is 11.7 Å². The van der Waals surface area contributed by atoms with Crippen molar-refractivity contribution in [1.82, 2.24) is 15.1 Å². The first-order chi connectivity index (χ1) is 14.4. The van der Waals surface area contributed by atoms with E-state index in [9.17, 15) is 13.6 Å². The number of alkyl halides is 2. The lowest BCUT2D eigenvalue weighted by Gasteiger charge is -2.06. The lowest BCUT2D eigenvalue weighted by molar-refractivity contribution is -0.116. The van der Waals surface area contributed by atoms with Gasteiger partial charge in [0.15, 0.2) is 0 Å². The van der Waals surface area contributed by atoms with Crippen molar-refractivity contribution in [1.29, 1.82) is 0 Å². The second-order valence-corrected chi connectivity index (χ2v) is 6.73. The lowest BCUT2D eigenvalue weighted by Crippen LogP contribution is -2.23.